The summed E-state index contributed by atoms with van der Waals surface area (Å²) in [6.45, 7) is 8.17. The summed E-state index contributed by atoms with van der Waals surface area (Å²) in [4.78, 5) is 0. The predicted molar refractivity (Wildman–Crippen MR) is 71.3 cm³/mol. The van der Waals surface area contributed by atoms with E-state index in [0.717, 1.165) is 5.30 Å². The molecule has 0 radical (unpaired) electrons. The van der Waals surface area contributed by atoms with Crippen molar-refractivity contribution in [1.29, 1.82) is 0 Å². The van der Waals surface area contributed by atoms with Crippen molar-refractivity contribution in [3.63, 3.8) is 0 Å². The molecule has 0 aliphatic carbocycles. The van der Waals surface area contributed by atoms with E-state index in [-0.39, 0.29) is 0 Å². The number of ether oxygens (including phenoxy) is 2. The van der Waals surface area contributed by atoms with Gasteiger partial charge in [-0.05, 0) is 27.4 Å². The normalized spacial score (nSPS) is 15.5. The molecule has 1 aromatic rings. The number of benzene rings is 1. The monoisotopic (exact) mass is 256 g/mol. The zero-order valence-electron chi connectivity index (χ0n) is 11.0. The van der Waals surface area contributed by atoms with Gasteiger partial charge in [0.25, 0.3) is 0 Å². The van der Waals surface area contributed by atoms with Gasteiger partial charge < -0.3 is 14.0 Å². The van der Waals surface area contributed by atoms with E-state index in [4.69, 9.17) is 9.47 Å². The topological polar surface area (TPSA) is 35.5 Å². The van der Waals surface area contributed by atoms with Gasteiger partial charge in [0.1, 0.15) is 0 Å². The highest BCUT2D eigenvalue weighted by Crippen LogP contribution is 2.54. The minimum absolute atomic E-state index is 0.473. The zero-order chi connectivity index (χ0) is 12.9. The van der Waals surface area contributed by atoms with Gasteiger partial charge in [0, 0.05) is 18.5 Å². The van der Waals surface area contributed by atoms with Crippen molar-refractivity contribution in [3.8, 4) is 0 Å². The third-order valence-corrected chi connectivity index (χ3v) is 5.94. The van der Waals surface area contributed by atoms with Crippen LogP contribution in [0.25, 0.3) is 0 Å². The maximum Gasteiger partial charge on any atom is 0.223 e. The Labute approximate surface area is 104 Å². The molecule has 0 aliphatic rings. The lowest BCUT2D eigenvalue weighted by molar-refractivity contribution is -0.160. The second kappa shape index (κ2) is 5.81. The fourth-order valence-electron chi connectivity index (χ4n) is 1.77. The Morgan fingerprint density at radius 2 is 1.59 bits per heavy atom. The van der Waals surface area contributed by atoms with Gasteiger partial charge in [0.2, 0.25) is 5.53 Å². The summed E-state index contributed by atoms with van der Waals surface area (Å²) in [6.07, 6.45) is 0. The highest BCUT2D eigenvalue weighted by Gasteiger charge is 2.43. The smallest absolute Gasteiger partial charge is 0.223 e. The first-order valence-corrected chi connectivity index (χ1v) is 8.04. The third-order valence-electron chi connectivity index (χ3n) is 2.85. The first-order valence-electron chi connectivity index (χ1n) is 5.89. The summed E-state index contributed by atoms with van der Waals surface area (Å²) in [5.41, 5.74) is -1.04. The van der Waals surface area contributed by atoms with Crippen LogP contribution in [0.5, 0.6) is 0 Å². The molecule has 17 heavy (non-hydrogen) atoms. The van der Waals surface area contributed by atoms with Gasteiger partial charge in [0.15, 0.2) is 7.14 Å². The van der Waals surface area contributed by atoms with E-state index in [1.165, 1.54) is 0 Å². The molecule has 1 aromatic carbocycles. The molecule has 0 N–H and O–H groups in total. The van der Waals surface area contributed by atoms with Gasteiger partial charge in [-0.3, -0.25) is 0 Å². The summed E-state index contributed by atoms with van der Waals surface area (Å²) >= 11 is 0. The Hall–Kier alpha value is -0.630. The SMILES string of the molecule is CCOC(C)(OCC)P(C)(=O)c1ccccc1. The highest BCUT2D eigenvalue weighted by molar-refractivity contribution is 7.72. The van der Waals surface area contributed by atoms with Crippen LogP contribution in [0.15, 0.2) is 30.3 Å². The number of hydrogen-bond donors (Lipinski definition) is 0. The molecule has 0 heterocycles. The second-order valence-electron chi connectivity index (χ2n) is 4.02. The Balaban J connectivity index is 3.13. The summed E-state index contributed by atoms with van der Waals surface area (Å²) in [7, 11) is -2.74. The van der Waals surface area contributed by atoms with Gasteiger partial charge >= 0.3 is 0 Å². The molecule has 3 nitrogen and oxygen atoms in total. The Morgan fingerprint density at radius 1 is 1.12 bits per heavy atom. The third kappa shape index (κ3) is 2.98. The molecule has 0 saturated carbocycles. The molecule has 0 bridgehead atoms. The molecule has 1 unspecified atom stereocenters. The van der Waals surface area contributed by atoms with Crippen molar-refractivity contribution in [1.82, 2.24) is 0 Å². The second-order valence-corrected chi connectivity index (χ2v) is 7.20. The predicted octanol–water partition coefficient (Wildman–Crippen LogP) is 3.05. The summed E-state index contributed by atoms with van der Waals surface area (Å²) in [5, 5.41) is 0.782. The fourth-order valence-corrected chi connectivity index (χ4v) is 3.73. The molecule has 0 amide bonds. The maximum atomic E-state index is 13.0. The molecule has 0 aromatic heterocycles. The summed E-state index contributed by atoms with van der Waals surface area (Å²) in [5.74, 6) is 0. The first-order chi connectivity index (χ1) is 7.98. The Bertz CT molecular complexity index is 383. The van der Waals surface area contributed by atoms with E-state index in [9.17, 15) is 4.57 Å². The van der Waals surface area contributed by atoms with E-state index in [0.29, 0.717) is 13.2 Å². The standard InChI is InChI=1S/C13H21O3P/c1-5-15-13(3,16-6-2)17(4,14)12-10-8-7-9-11-12/h7-11H,5-6H2,1-4H3. The Kier molecular flexibility index (Phi) is 4.93. The van der Waals surface area contributed by atoms with Crippen molar-refractivity contribution >= 4 is 12.4 Å². The van der Waals surface area contributed by atoms with Crippen LogP contribution < -0.4 is 5.30 Å². The van der Waals surface area contributed by atoms with E-state index >= 15 is 0 Å². The molecule has 96 valence electrons. The maximum absolute atomic E-state index is 13.0. The Morgan fingerprint density at radius 3 is 2.00 bits per heavy atom. The molecule has 0 spiro atoms. The van der Waals surface area contributed by atoms with Gasteiger partial charge in [-0.1, -0.05) is 30.3 Å². The van der Waals surface area contributed by atoms with Crippen molar-refractivity contribution in [2.75, 3.05) is 19.9 Å². The van der Waals surface area contributed by atoms with Gasteiger partial charge in [0.05, 0.1) is 0 Å². The number of rotatable bonds is 6. The summed E-state index contributed by atoms with van der Waals surface area (Å²) in [6, 6.07) is 9.38. The van der Waals surface area contributed by atoms with Crippen LogP contribution in [0.2, 0.25) is 0 Å². The van der Waals surface area contributed by atoms with Gasteiger partial charge in [-0.25, -0.2) is 0 Å². The van der Waals surface area contributed by atoms with Gasteiger partial charge in [-0.15, -0.1) is 0 Å². The van der Waals surface area contributed by atoms with Crippen LogP contribution in [0.1, 0.15) is 20.8 Å². The molecule has 0 aliphatic heterocycles. The van der Waals surface area contributed by atoms with Crippen molar-refractivity contribution in [3.05, 3.63) is 30.3 Å². The number of hydrogen-bond acceptors (Lipinski definition) is 3. The van der Waals surface area contributed by atoms with E-state index in [1.807, 2.05) is 44.2 Å². The molecule has 0 fully saturated rings. The lowest BCUT2D eigenvalue weighted by Gasteiger charge is -2.35. The molecule has 1 atom stereocenters. The average molecular weight is 256 g/mol. The fraction of sp³-hybridized carbons (Fsp3) is 0.538. The molecule has 0 saturated heterocycles. The van der Waals surface area contributed by atoms with Crippen LogP contribution in [-0.2, 0) is 14.0 Å². The van der Waals surface area contributed by atoms with Crippen molar-refractivity contribution in [2.24, 2.45) is 0 Å². The first kappa shape index (κ1) is 14.4. The zero-order valence-corrected chi connectivity index (χ0v) is 11.9. The molecule has 4 heteroatoms. The summed E-state index contributed by atoms with van der Waals surface area (Å²) < 4.78 is 24.2. The highest BCUT2D eigenvalue weighted by atomic mass is 31.2. The lowest BCUT2D eigenvalue weighted by atomic mass is 10.4. The van der Waals surface area contributed by atoms with Gasteiger partial charge in [-0.2, -0.15) is 0 Å². The van der Waals surface area contributed by atoms with E-state index in [1.54, 1.807) is 13.6 Å². The largest absolute Gasteiger partial charge is 0.344 e. The minimum Gasteiger partial charge on any atom is -0.344 e. The van der Waals surface area contributed by atoms with Crippen LogP contribution in [0.3, 0.4) is 0 Å². The van der Waals surface area contributed by atoms with E-state index in [2.05, 4.69) is 0 Å². The van der Waals surface area contributed by atoms with Crippen LogP contribution in [-0.4, -0.2) is 25.4 Å². The molecular formula is C13H21O3P. The van der Waals surface area contributed by atoms with Crippen molar-refractivity contribution < 1.29 is 14.0 Å². The molecular weight excluding hydrogens is 235 g/mol. The lowest BCUT2D eigenvalue weighted by Crippen LogP contribution is -2.36. The van der Waals surface area contributed by atoms with Crippen molar-refractivity contribution in [2.45, 2.75) is 26.3 Å². The minimum atomic E-state index is -2.74. The average Bonchev–Trinajstić information content (AvgIpc) is 2.30. The van der Waals surface area contributed by atoms with Crippen LogP contribution >= 0.6 is 7.14 Å². The van der Waals surface area contributed by atoms with Crippen LogP contribution in [0.4, 0.5) is 0 Å². The van der Waals surface area contributed by atoms with Crippen LogP contribution in [0, 0.1) is 0 Å². The quantitative estimate of drug-likeness (QED) is 0.579. The molecule has 1 rings (SSSR count). The van der Waals surface area contributed by atoms with E-state index < -0.39 is 12.7 Å².